The number of phenols is 12. The fourth-order valence-corrected chi connectivity index (χ4v) is 5.33. The van der Waals surface area contributed by atoms with Gasteiger partial charge in [0.2, 0.25) is 0 Å². The van der Waals surface area contributed by atoms with Crippen molar-refractivity contribution in [1.82, 2.24) is 0 Å². The van der Waals surface area contributed by atoms with Crippen molar-refractivity contribution in [3.8, 4) is 69.0 Å². The average Bonchev–Trinajstić information content (AvgIpc) is 3.12. The monoisotopic (exact) mass is 772 g/mol. The molecule has 1 fully saturated rings. The first-order valence-corrected chi connectivity index (χ1v) is 15.3. The van der Waals surface area contributed by atoms with Gasteiger partial charge in [-0.2, -0.15) is 0 Å². The van der Waals surface area contributed by atoms with E-state index in [0.29, 0.717) is 48.5 Å². The molecule has 0 aromatic heterocycles. The number of phenolic OH excluding ortho intramolecular Hbond substituents is 12. The molecular formula is C34H28O21. The van der Waals surface area contributed by atoms with E-state index >= 15 is 0 Å². The van der Waals surface area contributed by atoms with Gasteiger partial charge in [-0.25, -0.2) is 19.2 Å². The summed E-state index contributed by atoms with van der Waals surface area (Å²) in [5.41, 5.74) is -2.60. The van der Waals surface area contributed by atoms with Gasteiger partial charge in [0.1, 0.15) is 18.3 Å². The number of carbonyl (C=O) groups is 4. The highest BCUT2D eigenvalue weighted by molar-refractivity contribution is 5.94. The molecule has 1 aliphatic rings. The summed E-state index contributed by atoms with van der Waals surface area (Å²) in [5, 5.41) is 130. The number of aliphatic hydroxyl groups excluding tert-OH is 1. The first kappa shape index (κ1) is 38.5. The summed E-state index contributed by atoms with van der Waals surface area (Å²) in [7, 11) is 0. The molecule has 5 atom stereocenters. The van der Waals surface area contributed by atoms with Crippen LogP contribution in [0.3, 0.4) is 0 Å². The van der Waals surface area contributed by atoms with E-state index in [1.165, 1.54) is 0 Å². The molecule has 0 amide bonds. The summed E-state index contributed by atoms with van der Waals surface area (Å²) in [6.45, 7) is 0. The van der Waals surface area contributed by atoms with Gasteiger partial charge in [0, 0.05) is 6.42 Å². The Morgan fingerprint density at radius 2 is 0.582 bits per heavy atom. The number of aliphatic hydroxyl groups is 1. The molecular weight excluding hydrogens is 744 g/mol. The Balaban J connectivity index is 1.57. The molecule has 4 aromatic rings. The summed E-state index contributed by atoms with van der Waals surface area (Å²) in [6, 6.07) is 5.10. The van der Waals surface area contributed by atoms with E-state index in [0.717, 1.165) is 0 Å². The Kier molecular flexibility index (Phi) is 10.3. The molecule has 5 rings (SSSR count). The number of aromatic hydroxyl groups is 12. The van der Waals surface area contributed by atoms with Crippen LogP contribution in [0.5, 0.6) is 69.0 Å². The van der Waals surface area contributed by atoms with Crippen molar-refractivity contribution in [1.29, 1.82) is 0 Å². The predicted octanol–water partition coefficient (Wildman–Crippen LogP) is 1.12. The van der Waals surface area contributed by atoms with E-state index < -0.39 is 152 Å². The molecule has 0 radical (unpaired) electrons. The zero-order chi connectivity index (χ0) is 40.6. The molecule has 0 heterocycles. The van der Waals surface area contributed by atoms with E-state index in [-0.39, 0.29) is 0 Å². The molecule has 0 saturated heterocycles. The smallest absolute Gasteiger partial charge is 0.338 e. The van der Waals surface area contributed by atoms with Crippen molar-refractivity contribution < 1.29 is 105 Å². The van der Waals surface area contributed by atoms with Crippen LogP contribution in [-0.4, -0.2) is 121 Å². The van der Waals surface area contributed by atoms with Crippen molar-refractivity contribution in [3.05, 3.63) is 70.8 Å². The lowest BCUT2D eigenvalue weighted by Crippen LogP contribution is -2.60. The molecule has 0 aliphatic heterocycles. The van der Waals surface area contributed by atoms with Crippen LogP contribution in [0.1, 0.15) is 47.9 Å². The first-order valence-electron chi connectivity index (χ1n) is 15.3. The second-order valence-electron chi connectivity index (χ2n) is 11.8. The van der Waals surface area contributed by atoms with E-state index in [4.69, 9.17) is 18.9 Å². The predicted molar refractivity (Wildman–Crippen MR) is 173 cm³/mol. The van der Waals surface area contributed by atoms with E-state index in [9.17, 15) is 85.6 Å². The van der Waals surface area contributed by atoms with Gasteiger partial charge < -0.3 is 85.3 Å². The highest BCUT2D eigenvalue weighted by Crippen LogP contribution is 2.40. The number of benzene rings is 4. The second kappa shape index (κ2) is 14.7. The minimum absolute atomic E-state index is 0.629. The summed E-state index contributed by atoms with van der Waals surface area (Å²) in [4.78, 5) is 53.1. The Morgan fingerprint density at radius 3 is 0.800 bits per heavy atom. The standard InChI is InChI=1S/C34H28O21/c35-14-1-10(2-15(36)24(14)43)31(48)52-22-9-23(53-32(49)11-3-16(37)25(44)17(38)4-11)30(55-34(51)13-7-20(41)27(46)21(42)8-13)28(47)29(22)54-33(50)12-5-18(39)26(45)19(40)6-12/h1-8,22-23,28-30,35-47H,9H2/t22-,23+,28?,29-,30-/m1/s1. The van der Waals surface area contributed by atoms with Gasteiger partial charge in [-0.15, -0.1) is 0 Å². The van der Waals surface area contributed by atoms with Crippen molar-refractivity contribution >= 4 is 23.9 Å². The lowest BCUT2D eigenvalue weighted by atomic mass is 9.86. The summed E-state index contributed by atoms with van der Waals surface area (Å²) < 4.78 is 21.5. The quantitative estimate of drug-likeness (QED) is 0.0677. The lowest BCUT2D eigenvalue weighted by molar-refractivity contribution is -0.181. The molecule has 1 aliphatic carbocycles. The maximum Gasteiger partial charge on any atom is 0.338 e. The fraction of sp³-hybridized carbons (Fsp3) is 0.176. The van der Waals surface area contributed by atoms with Gasteiger partial charge >= 0.3 is 23.9 Å². The molecule has 0 bridgehead atoms. The Bertz CT molecular complexity index is 1970. The third-order valence-corrected chi connectivity index (χ3v) is 8.10. The van der Waals surface area contributed by atoms with Crippen molar-refractivity contribution in [2.75, 3.05) is 0 Å². The Labute approximate surface area is 305 Å². The molecule has 21 heteroatoms. The molecule has 1 unspecified atom stereocenters. The number of ether oxygens (including phenoxy) is 4. The van der Waals surface area contributed by atoms with Crippen LogP contribution in [-0.2, 0) is 18.9 Å². The Hall–Kier alpha value is -7.68. The topological polar surface area (TPSA) is 368 Å². The number of esters is 4. The molecule has 55 heavy (non-hydrogen) atoms. The van der Waals surface area contributed by atoms with Crippen LogP contribution >= 0.6 is 0 Å². The first-order chi connectivity index (χ1) is 25.8. The maximum absolute atomic E-state index is 13.3. The van der Waals surface area contributed by atoms with Gasteiger partial charge in [-0.3, -0.25) is 0 Å². The average molecular weight is 773 g/mol. The largest absolute Gasteiger partial charge is 0.504 e. The SMILES string of the molecule is O=C(O[C@H]1C[C@@H](OC(=O)c2cc(O)c(O)c(O)c2)[C@@H](OC(=O)c2cc(O)c(O)c(O)c2)C(O)[C@@H]1OC(=O)c1cc(O)c(O)c(O)c1)c1cc(O)c(O)c(O)c1. The summed E-state index contributed by atoms with van der Waals surface area (Å²) in [5.74, 6) is -17.9. The van der Waals surface area contributed by atoms with Gasteiger partial charge in [-0.1, -0.05) is 0 Å². The zero-order valence-corrected chi connectivity index (χ0v) is 27.3. The van der Waals surface area contributed by atoms with Crippen LogP contribution < -0.4 is 0 Å². The normalized spacial score (nSPS) is 19.2. The third kappa shape index (κ3) is 7.75. The van der Waals surface area contributed by atoms with Crippen molar-refractivity contribution in [3.63, 3.8) is 0 Å². The molecule has 21 nitrogen and oxygen atoms in total. The Morgan fingerprint density at radius 1 is 0.382 bits per heavy atom. The highest BCUT2D eigenvalue weighted by atomic mass is 16.6. The van der Waals surface area contributed by atoms with Crippen LogP contribution in [0.2, 0.25) is 0 Å². The summed E-state index contributed by atoms with van der Waals surface area (Å²) >= 11 is 0. The third-order valence-electron chi connectivity index (χ3n) is 8.10. The van der Waals surface area contributed by atoms with E-state index in [1.54, 1.807) is 0 Å². The van der Waals surface area contributed by atoms with Crippen LogP contribution in [0.4, 0.5) is 0 Å². The van der Waals surface area contributed by atoms with Gasteiger partial charge in [-0.05, 0) is 48.5 Å². The molecule has 0 spiro atoms. The number of hydrogen-bond acceptors (Lipinski definition) is 21. The second-order valence-corrected chi connectivity index (χ2v) is 11.8. The van der Waals surface area contributed by atoms with Gasteiger partial charge in [0.25, 0.3) is 0 Å². The fourth-order valence-electron chi connectivity index (χ4n) is 5.33. The minimum atomic E-state index is -2.40. The van der Waals surface area contributed by atoms with Crippen LogP contribution in [0.15, 0.2) is 48.5 Å². The number of carbonyl (C=O) groups excluding carboxylic acids is 4. The molecule has 13 N–H and O–H groups in total. The van der Waals surface area contributed by atoms with Crippen LogP contribution in [0.25, 0.3) is 0 Å². The molecule has 4 aromatic carbocycles. The number of rotatable bonds is 8. The summed E-state index contributed by atoms with van der Waals surface area (Å²) in [6.07, 6.45) is -11.5. The van der Waals surface area contributed by atoms with E-state index in [2.05, 4.69) is 0 Å². The van der Waals surface area contributed by atoms with Crippen LogP contribution in [0, 0.1) is 0 Å². The lowest BCUT2D eigenvalue weighted by Gasteiger charge is -2.42. The van der Waals surface area contributed by atoms with Crippen molar-refractivity contribution in [2.24, 2.45) is 0 Å². The van der Waals surface area contributed by atoms with Gasteiger partial charge in [0.15, 0.2) is 81.2 Å². The minimum Gasteiger partial charge on any atom is -0.504 e. The number of hydrogen-bond donors (Lipinski definition) is 13. The van der Waals surface area contributed by atoms with Crippen molar-refractivity contribution in [2.45, 2.75) is 36.9 Å². The van der Waals surface area contributed by atoms with Gasteiger partial charge in [0.05, 0.1) is 22.3 Å². The highest BCUT2D eigenvalue weighted by Gasteiger charge is 2.52. The molecule has 290 valence electrons. The zero-order valence-electron chi connectivity index (χ0n) is 27.3. The van der Waals surface area contributed by atoms with E-state index in [1.807, 2.05) is 0 Å². The maximum atomic E-state index is 13.3. The molecule has 1 saturated carbocycles.